The Bertz CT molecular complexity index is 966. The summed E-state index contributed by atoms with van der Waals surface area (Å²) in [5.41, 5.74) is 7.96. The largest absolute Gasteiger partial charge is 0.269 e. The number of alkyl halides is 1. The minimum Gasteiger partial charge on any atom is -0.269 e. The molecule has 0 saturated carbocycles. The van der Waals surface area contributed by atoms with E-state index in [0.29, 0.717) is 11.9 Å². The number of benzene rings is 1. The zero-order valence-electron chi connectivity index (χ0n) is 20.4. The molecule has 1 aromatic heterocycles. The number of hydrogen-bond acceptors (Lipinski definition) is 8. The number of aromatic nitrogens is 2. The van der Waals surface area contributed by atoms with E-state index in [1.807, 2.05) is 12.1 Å². The Kier molecular flexibility index (Phi) is 12.1. The fraction of sp³-hybridized carbons (Fsp3) is 0.560. The molecule has 2 saturated heterocycles. The molecule has 0 bridgehead atoms. The number of hydrogen-bond donors (Lipinski definition) is 3. The first-order chi connectivity index (χ1) is 16.5. The van der Waals surface area contributed by atoms with Crippen molar-refractivity contribution in [3.8, 4) is 0 Å². The second-order valence-corrected chi connectivity index (χ2v) is 11.6. The number of halogens is 2. The summed E-state index contributed by atoms with van der Waals surface area (Å²) >= 11 is -0.367. The number of rotatable bonds is 9. The third kappa shape index (κ3) is 7.87. The second kappa shape index (κ2) is 14.5. The Labute approximate surface area is 224 Å². The molecule has 2 aliphatic rings. The zero-order valence-corrected chi connectivity index (χ0v) is 22.6. The number of nitrogens with zero attached hydrogens (tertiary/aromatic N) is 4. The van der Waals surface area contributed by atoms with Crippen molar-refractivity contribution in [3.05, 3.63) is 33.7 Å². The van der Waals surface area contributed by atoms with Gasteiger partial charge in [-0.2, -0.15) is 0 Å². The Balaban J connectivity index is 0.00000228. The van der Waals surface area contributed by atoms with Gasteiger partial charge in [-0.3, -0.25) is 4.70 Å². The number of carbonyl (C=O) groups excluding carboxylic acids is 1. The van der Waals surface area contributed by atoms with Crippen LogP contribution in [0.3, 0.4) is 0 Å². The Morgan fingerprint density at radius 3 is 2.39 bits per heavy atom. The van der Waals surface area contributed by atoms with E-state index < -0.39 is 5.91 Å². The molecule has 3 heterocycles. The van der Waals surface area contributed by atoms with Gasteiger partial charge in [-0.15, -0.1) is 0 Å². The first-order valence-electron chi connectivity index (χ1n) is 12.0. The van der Waals surface area contributed by atoms with Crippen LogP contribution in [0.2, 0.25) is 0 Å². The zero-order chi connectivity index (χ0) is 23.9. The topological polar surface area (TPSA) is 109 Å². The van der Waals surface area contributed by atoms with Crippen LogP contribution in [-0.2, 0) is 4.74 Å². The summed E-state index contributed by atoms with van der Waals surface area (Å²) in [6.45, 7) is 7.81. The van der Waals surface area contributed by atoms with E-state index in [4.69, 9.17) is 20.4 Å². The Hall–Kier alpha value is -2.25. The van der Waals surface area contributed by atoms with E-state index in [2.05, 4.69) is 46.5 Å². The van der Waals surface area contributed by atoms with Crippen LogP contribution in [0.15, 0.2) is 24.3 Å². The van der Waals surface area contributed by atoms with Gasteiger partial charge in [0, 0.05) is 0 Å². The molecule has 2 fully saturated rings. The number of anilines is 4. The molecule has 1 amide bonds. The van der Waals surface area contributed by atoms with E-state index in [0.717, 1.165) is 78.3 Å². The molecule has 4 N–H and O–H groups in total. The second-order valence-electron chi connectivity index (χ2n) is 8.74. The van der Waals surface area contributed by atoms with Gasteiger partial charge in [0.25, 0.3) is 0 Å². The molecular weight excluding hydrogens is 576 g/mol. The number of primary amides is 1. The average molecular weight is 617 g/mol. The van der Waals surface area contributed by atoms with Crippen LogP contribution in [0.1, 0.15) is 44.1 Å². The third-order valence-corrected chi connectivity index (χ3v) is 9.15. The van der Waals surface area contributed by atoms with E-state index in [1.165, 1.54) is 5.69 Å². The first-order valence-corrected chi connectivity index (χ1v) is 14.6. The number of ether oxygens (including phenoxy) is 1. The van der Waals surface area contributed by atoms with Crippen LogP contribution in [0.25, 0.3) is 0 Å². The maximum Gasteiger partial charge on any atom is -0.269 e. The minimum absolute atomic E-state index is 0. The number of nitrogens with one attached hydrogen (secondary N) is 2. The summed E-state index contributed by atoms with van der Waals surface area (Å²) in [5, 5.41) is 6.88. The van der Waals surface area contributed by atoms with Crippen LogP contribution in [0.4, 0.5) is 27.7 Å². The standard InChI is InChI=1S/C24H35IN7O2.CH4.FH/c1-3-10-25-21-24(28-18-8-15-34-16-9-18)30-23(20(29-21)22(26)33)27-17-4-6-19(7-5-17)32-13-11-31(2)12-14-32;;/h4-7,18H,3,8-16H2,1-2H3,(H2,26,33)(H2,27,28,30);1H4;1H/q-1;;. The van der Waals surface area contributed by atoms with Gasteiger partial charge >= 0.3 is 201 Å². The number of carbonyl (C=O) groups is 1. The van der Waals surface area contributed by atoms with Gasteiger partial charge in [0.05, 0.1) is 0 Å². The van der Waals surface area contributed by atoms with Gasteiger partial charge in [0.1, 0.15) is 0 Å². The molecular formula is C25H40FIN7O2-. The van der Waals surface area contributed by atoms with E-state index >= 15 is 0 Å². The maximum absolute atomic E-state index is 12.3. The quantitative estimate of drug-likeness (QED) is 0.270. The molecule has 0 spiro atoms. The summed E-state index contributed by atoms with van der Waals surface area (Å²) in [6, 6.07) is 8.54. The fourth-order valence-corrected chi connectivity index (χ4v) is 6.13. The van der Waals surface area contributed by atoms with E-state index in [1.54, 1.807) is 0 Å². The van der Waals surface area contributed by atoms with Crippen LogP contribution in [0, 0.1) is 3.70 Å². The van der Waals surface area contributed by atoms with Crippen molar-refractivity contribution >= 4 is 28.9 Å². The molecule has 4 rings (SSSR count). The molecule has 9 nitrogen and oxygen atoms in total. The van der Waals surface area contributed by atoms with Gasteiger partial charge in [-0.25, -0.2) is 0 Å². The van der Waals surface area contributed by atoms with Gasteiger partial charge in [0.2, 0.25) is 0 Å². The number of amides is 1. The molecule has 0 atom stereocenters. The molecule has 2 aromatic rings. The molecule has 202 valence electrons. The number of piperazine rings is 1. The van der Waals surface area contributed by atoms with Gasteiger partial charge in [0.15, 0.2) is 0 Å². The summed E-state index contributed by atoms with van der Waals surface area (Å²) in [7, 11) is 2.16. The van der Waals surface area contributed by atoms with E-state index in [9.17, 15) is 4.79 Å². The van der Waals surface area contributed by atoms with Crippen molar-refractivity contribution in [1.29, 1.82) is 0 Å². The van der Waals surface area contributed by atoms with Gasteiger partial charge in [-0.1, -0.05) is 7.43 Å². The monoisotopic (exact) mass is 616 g/mol. The van der Waals surface area contributed by atoms with Crippen molar-refractivity contribution < 1.29 is 35.4 Å². The fourth-order valence-electron chi connectivity index (χ4n) is 4.04. The van der Waals surface area contributed by atoms with E-state index in [-0.39, 0.29) is 39.0 Å². The van der Waals surface area contributed by atoms with Crippen molar-refractivity contribution in [3.63, 3.8) is 0 Å². The average Bonchev–Trinajstić information content (AvgIpc) is 2.85. The first kappa shape index (κ1) is 30.0. The molecule has 1 aromatic carbocycles. The number of likely N-dealkylation sites (N-methyl/N-ethyl adjacent to an activating group) is 1. The van der Waals surface area contributed by atoms with Crippen molar-refractivity contribution in [2.45, 2.75) is 39.7 Å². The number of nitrogens with two attached hydrogens (primary N) is 1. The van der Waals surface area contributed by atoms with Gasteiger partial charge in [-0.05, 0) is 7.05 Å². The molecule has 0 aliphatic carbocycles. The normalized spacial score (nSPS) is 16.7. The molecule has 11 heteroatoms. The predicted octanol–water partition coefficient (Wildman–Crippen LogP) is 0.119. The SMILES string of the molecule is C.CCC[I-]c1nc(C(N)=O)c(Nc2ccc(N3CCN(C)CC3)cc2)nc1NC1CCOCC1.F. The smallest absolute Gasteiger partial charge is 0.269 e. The van der Waals surface area contributed by atoms with Crippen LogP contribution in [-0.4, -0.2) is 77.7 Å². The predicted molar refractivity (Wildman–Crippen MR) is 141 cm³/mol. The summed E-state index contributed by atoms with van der Waals surface area (Å²) in [6.07, 6.45) is 2.94. The summed E-state index contributed by atoms with van der Waals surface area (Å²) in [4.78, 5) is 26.6. The molecule has 0 unspecified atom stereocenters. The third-order valence-electron chi connectivity index (χ3n) is 6.06. The maximum atomic E-state index is 12.3. The Morgan fingerprint density at radius 1 is 1.11 bits per heavy atom. The van der Waals surface area contributed by atoms with Crippen molar-refractivity contribution in [1.82, 2.24) is 14.9 Å². The molecule has 0 radical (unpaired) electrons. The van der Waals surface area contributed by atoms with Gasteiger partial charge < -0.3 is 4.90 Å². The Morgan fingerprint density at radius 2 is 1.78 bits per heavy atom. The molecule has 36 heavy (non-hydrogen) atoms. The summed E-state index contributed by atoms with van der Waals surface area (Å²) < 4.78 is 7.47. The van der Waals surface area contributed by atoms with Crippen molar-refractivity contribution in [2.24, 2.45) is 5.73 Å². The summed E-state index contributed by atoms with van der Waals surface area (Å²) in [5.74, 6) is 0.608. The molecule has 2 aliphatic heterocycles. The van der Waals surface area contributed by atoms with Crippen molar-refractivity contribution in [2.75, 3.05) is 66.4 Å². The van der Waals surface area contributed by atoms with Crippen LogP contribution < -0.4 is 42.5 Å². The van der Waals surface area contributed by atoms with Crippen LogP contribution in [0.5, 0.6) is 0 Å². The van der Waals surface area contributed by atoms with Crippen LogP contribution >= 0.6 is 0 Å². The minimum atomic E-state index is -0.566.